The molecule has 5 rings (SSSR count). The van der Waals surface area contributed by atoms with E-state index in [2.05, 4.69) is 17.9 Å². The predicted octanol–water partition coefficient (Wildman–Crippen LogP) is 8.21. The number of halogens is 1. The fraction of sp³-hybridized carbons (Fsp3) is 0.531. The molecule has 0 amide bonds. The van der Waals surface area contributed by atoms with Gasteiger partial charge in [0.25, 0.3) is 0 Å². The van der Waals surface area contributed by atoms with Crippen molar-refractivity contribution >= 4 is 21.6 Å². The van der Waals surface area contributed by atoms with Gasteiger partial charge in [-0.1, -0.05) is 86.6 Å². The summed E-state index contributed by atoms with van der Waals surface area (Å²) in [6.07, 6.45) is 12.8. The summed E-state index contributed by atoms with van der Waals surface area (Å²) >= 11 is 7.15. The van der Waals surface area contributed by atoms with Gasteiger partial charge in [-0.3, -0.25) is 0 Å². The van der Waals surface area contributed by atoms with Crippen LogP contribution < -0.4 is 0 Å². The van der Waals surface area contributed by atoms with Gasteiger partial charge in [0.2, 0.25) is 10.0 Å². The maximum atomic E-state index is 13.7. The van der Waals surface area contributed by atoms with Crippen molar-refractivity contribution in [1.82, 2.24) is 4.31 Å². The molecule has 3 fully saturated rings. The third-order valence-electron chi connectivity index (χ3n) is 8.72. The Balaban J connectivity index is 1.57. The molecule has 2 aromatic rings. The molecule has 5 heteroatoms. The molecule has 3 nitrogen and oxygen atoms in total. The minimum Gasteiger partial charge on any atom is -0.207 e. The highest BCUT2D eigenvalue weighted by Crippen LogP contribution is 2.43. The standard InChI is InChI=1S/C32H40ClNO2S/c1-24-17-19-29(20-18-24)37(35,36)34-22-28(31(23-34)32(33)27-15-9-4-10-16-27)21-30(25-11-5-2-6-12-25)26-13-7-3-8-14-26/h4,9-10,15-20,25-26,31-32H,2-3,5-8,11-14,22-23H2,1H3/t31-,32-/m1/s1. The van der Waals surface area contributed by atoms with Crippen molar-refractivity contribution in [3.8, 4) is 0 Å². The van der Waals surface area contributed by atoms with Crippen LogP contribution in [0.15, 0.2) is 76.4 Å². The monoisotopic (exact) mass is 537 g/mol. The molecule has 3 aliphatic rings. The number of alkyl halides is 1. The van der Waals surface area contributed by atoms with E-state index in [4.69, 9.17) is 11.6 Å². The third kappa shape index (κ3) is 6.09. The summed E-state index contributed by atoms with van der Waals surface area (Å²) in [6.45, 7) is 2.74. The van der Waals surface area contributed by atoms with E-state index in [1.54, 1.807) is 16.4 Å². The van der Waals surface area contributed by atoms with Gasteiger partial charge < -0.3 is 0 Å². The Bertz CT molecular complexity index is 1200. The van der Waals surface area contributed by atoms with Crippen molar-refractivity contribution in [1.29, 1.82) is 0 Å². The maximum absolute atomic E-state index is 13.7. The fourth-order valence-electron chi connectivity index (χ4n) is 6.56. The van der Waals surface area contributed by atoms with Gasteiger partial charge >= 0.3 is 0 Å². The fourth-order valence-corrected chi connectivity index (χ4v) is 8.39. The molecule has 2 saturated carbocycles. The van der Waals surface area contributed by atoms with E-state index in [0.717, 1.165) is 16.7 Å². The molecule has 198 valence electrons. The number of benzene rings is 2. The van der Waals surface area contributed by atoms with Gasteiger partial charge in [0, 0.05) is 19.0 Å². The molecule has 0 spiro atoms. The first-order chi connectivity index (χ1) is 17.9. The number of nitrogens with zero attached hydrogens (tertiary/aromatic N) is 1. The van der Waals surface area contributed by atoms with E-state index in [1.165, 1.54) is 69.8 Å². The smallest absolute Gasteiger partial charge is 0.207 e. The molecular weight excluding hydrogens is 498 g/mol. The second-order valence-corrected chi connectivity index (χ2v) is 13.7. The lowest BCUT2D eigenvalue weighted by molar-refractivity contribution is 0.326. The summed E-state index contributed by atoms with van der Waals surface area (Å²) in [5, 5.41) is -0.291. The quantitative estimate of drug-likeness (QED) is 0.275. The zero-order valence-corrected chi connectivity index (χ0v) is 23.6. The zero-order valence-electron chi connectivity index (χ0n) is 22.0. The van der Waals surface area contributed by atoms with Crippen LogP contribution in [0.4, 0.5) is 0 Å². The maximum Gasteiger partial charge on any atom is 0.243 e. The normalized spacial score (nSPS) is 23.1. The first-order valence-electron chi connectivity index (χ1n) is 14.2. The SMILES string of the molecule is Cc1ccc(S(=O)(=O)N2CC(=C=C(C3CCCCC3)C3CCCCC3)[C@H]([C@H](Cl)c3ccccc3)C2)cc1. The summed E-state index contributed by atoms with van der Waals surface area (Å²) in [5.41, 5.74) is 8.61. The number of sulfonamides is 1. The Morgan fingerprint density at radius 1 is 0.865 bits per heavy atom. The third-order valence-corrected chi connectivity index (χ3v) is 11.1. The van der Waals surface area contributed by atoms with Crippen molar-refractivity contribution in [3.63, 3.8) is 0 Å². The topological polar surface area (TPSA) is 37.4 Å². The van der Waals surface area contributed by atoms with Crippen LogP contribution in [0.3, 0.4) is 0 Å². The second kappa shape index (κ2) is 11.9. The molecule has 0 aromatic heterocycles. The van der Waals surface area contributed by atoms with Crippen molar-refractivity contribution in [2.24, 2.45) is 17.8 Å². The minimum atomic E-state index is -3.62. The van der Waals surface area contributed by atoms with Gasteiger partial charge in [-0.15, -0.1) is 17.3 Å². The van der Waals surface area contributed by atoms with Crippen molar-refractivity contribution < 1.29 is 8.42 Å². The summed E-state index contributed by atoms with van der Waals surface area (Å²) in [5.74, 6) is 1.07. The Kier molecular flexibility index (Phi) is 8.61. The number of rotatable bonds is 6. The lowest BCUT2D eigenvalue weighted by atomic mass is 9.73. The molecule has 1 heterocycles. The molecular formula is C32H40ClNO2S. The van der Waals surface area contributed by atoms with Crippen LogP contribution in [-0.4, -0.2) is 25.8 Å². The largest absolute Gasteiger partial charge is 0.243 e. The van der Waals surface area contributed by atoms with Crippen LogP contribution in [0.5, 0.6) is 0 Å². The Labute approximate surface area is 228 Å². The Morgan fingerprint density at radius 2 is 1.43 bits per heavy atom. The van der Waals surface area contributed by atoms with Gasteiger partial charge in [-0.05, 0) is 73.3 Å². The van der Waals surface area contributed by atoms with E-state index in [1.807, 2.05) is 37.3 Å². The van der Waals surface area contributed by atoms with Crippen LogP contribution in [0, 0.1) is 24.7 Å². The van der Waals surface area contributed by atoms with Gasteiger partial charge in [0.15, 0.2) is 0 Å². The van der Waals surface area contributed by atoms with Crippen LogP contribution in [0.1, 0.15) is 80.7 Å². The molecule has 37 heavy (non-hydrogen) atoms. The predicted molar refractivity (Wildman–Crippen MR) is 152 cm³/mol. The molecule has 1 aliphatic heterocycles. The minimum absolute atomic E-state index is 0.0912. The van der Waals surface area contributed by atoms with Crippen LogP contribution in [0.2, 0.25) is 0 Å². The molecule has 0 radical (unpaired) electrons. The van der Waals surface area contributed by atoms with E-state index >= 15 is 0 Å². The molecule has 2 aliphatic carbocycles. The second-order valence-electron chi connectivity index (χ2n) is 11.3. The van der Waals surface area contributed by atoms with Crippen molar-refractivity contribution in [3.05, 3.63) is 82.6 Å². The molecule has 1 saturated heterocycles. The highest BCUT2D eigenvalue weighted by atomic mass is 35.5. The summed E-state index contributed by atoms with van der Waals surface area (Å²) in [4.78, 5) is 0.354. The van der Waals surface area contributed by atoms with Crippen molar-refractivity contribution in [2.75, 3.05) is 13.1 Å². The van der Waals surface area contributed by atoms with Crippen LogP contribution in [-0.2, 0) is 10.0 Å². The van der Waals surface area contributed by atoms with Crippen molar-refractivity contribution in [2.45, 2.75) is 81.4 Å². The summed E-state index contributed by atoms with van der Waals surface area (Å²) in [7, 11) is -3.62. The Morgan fingerprint density at radius 3 is 2.00 bits per heavy atom. The highest BCUT2D eigenvalue weighted by molar-refractivity contribution is 7.89. The first-order valence-corrected chi connectivity index (χ1v) is 16.1. The molecule has 2 atom stereocenters. The lowest BCUT2D eigenvalue weighted by Crippen LogP contribution is -2.29. The molecule has 0 N–H and O–H groups in total. The van der Waals surface area contributed by atoms with E-state index in [-0.39, 0.29) is 11.3 Å². The van der Waals surface area contributed by atoms with Gasteiger partial charge in [0.1, 0.15) is 0 Å². The van der Waals surface area contributed by atoms with E-state index in [0.29, 0.717) is 29.8 Å². The van der Waals surface area contributed by atoms with E-state index in [9.17, 15) is 8.42 Å². The van der Waals surface area contributed by atoms with Crippen LogP contribution >= 0.6 is 11.6 Å². The van der Waals surface area contributed by atoms with Gasteiger partial charge in [-0.2, -0.15) is 4.31 Å². The summed E-state index contributed by atoms with van der Waals surface area (Å²) < 4.78 is 29.1. The average Bonchev–Trinajstić information content (AvgIpc) is 3.38. The summed E-state index contributed by atoms with van der Waals surface area (Å²) in [6, 6.07) is 17.3. The lowest BCUT2D eigenvalue weighted by Gasteiger charge is -2.31. The molecule has 0 unspecified atom stereocenters. The number of aryl methyl sites for hydroxylation is 1. The van der Waals surface area contributed by atoms with Crippen LogP contribution in [0.25, 0.3) is 0 Å². The molecule has 2 aromatic carbocycles. The molecule has 0 bridgehead atoms. The average molecular weight is 538 g/mol. The van der Waals surface area contributed by atoms with Gasteiger partial charge in [0.05, 0.1) is 10.3 Å². The van der Waals surface area contributed by atoms with Gasteiger partial charge in [-0.25, -0.2) is 8.42 Å². The zero-order chi connectivity index (χ0) is 25.8. The van der Waals surface area contributed by atoms with E-state index < -0.39 is 10.0 Å². The first kappa shape index (κ1) is 26.8. The number of hydrogen-bond donors (Lipinski definition) is 0. The number of hydrogen-bond acceptors (Lipinski definition) is 2. The Hall–Kier alpha value is -1.84. The highest BCUT2D eigenvalue weighted by Gasteiger charge is 2.40.